The largest absolute Gasteiger partial charge is 0.493 e. The van der Waals surface area contributed by atoms with Crippen molar-refractivity contribution >= 4 is 10.8 Å². The van der Waals surface area contributed by atoms with Crippen molar-refractivity contribution in [3.63, 3.8) is 0 Å². The van der Waals surface area contributed by atoms with Gasteiger partial charge in [0.25, 0.3) is 0 Å². The lowest BCUT2D eigenvalue weighted by Crippen LogP contribution is -2.15. The number of benzene rings is 2. The Kier molecular flexibility index (Phi) is 2.41. The first-order chi connectivity index (χ1) is 8.50. The molecule has 18 heavy (non-hydrogen) atoms. The average Bonchev–Trinajstić information content (AvgIpc) is 2.76. The number of hydrogen-bond acceptors (Lipinski definition) is 1. The summed E-state index contributed by atoms with van der Waals surface area (Å²) in [5.41, 5.74) is 4.29. The van der Waals surface area contributed by atoms with Gasteiger partial charge in [-0.3, -0.25) is 0 Å². The first-order valence-electron chi connectivity index (χ1n) is 6.67. The van der Waals surface area contributed by atoms with Crippen LogP contribution in [0.2, 0.25) is 0 Å². The van der Waals surface area contributed by atoms with Crippen LogP contribution in [0.5, 0.6) is 5.75 Å². The monoisotopic (exact) mass is 240 g/mol. The van der Waals surface area contributed by atoms with Crippen LogP contribution in [0.25, 0.3) is 10.8 Å². The van der Waals surface area contributed by atoms with Crippen molar-refractivity contribution in [1.82, 2.24) is 0 Å². The second kappa shape index (κ2) is 3.74. The van der Waals surface area contributed by atoms with Crippen LogP contribution in [0, 0.1) is 6.92 Å². The van der Waals surface area contributed by atoms with Crippen molar-refractivity contribution in [3.05, 3.63) is 41.0 Å². The first kappa shape index (κ1) is 11.6. The summed E-state index contributed by atoms with van der Waals surface area (Å²) >= 11 is 0. The molecule has 0 atom stereocenters. The fourth-order valence-electron chi connectivity index (χ4n) is 3.22. The van der Waals surface area contributed by atoms with E-state index in [-0.39, 0.29) is 5.41 Å². The lowest BCUT2D eigenvalue weighted by atomic mass is 9.80. The van der Waals surface area contributed by atoms with E-state index in [4.69, 9.17) is 4.74 Å². The van der Waals surface area contributed by atoms with Gasteiger partial charge in [-0.15, -0.1) is 0 Å². The Bertz CT molecular complexity index is 618. The number of aryl methyl sites for hydroxylation is 1. The maximum atomic E-state index is 5.95. The molecule has 0 amide bonds. The minimum absolute atomic E-state index is 0.128. The van der Waals surface area contributed by atoms with Gasteiger partial charge < -0.3 is 4.74 Å². The minimum Gasteiger partial charge on any atom is -0.493 e. The van der Waals surface area contributed by atoms with Crippen molar-refractivity contribution in [2.45, 2.75) is 39.5 Å². The predicted octanol–water partition coefficient (Wildman–Crippen LogP) is 4.38. The molecular weight excluding hydrogens is 220 g/mol. The molecule has 1 heterocycles. The molecule has 2 aromatic carbocycles. The fraction of sp³-hybridized carbons (Fsp3) is 0.412. The van der Waals surface area contributed by atoms with Crippen LogP contribution in [0.1, 0.15) is 37.5 Å². The highest BCUT2D eigenvalue weighted by Crippen LogP contribution is 2.44. The normalized spacial score (nSPS) is 14.7. The molecule has 0 aromatic heterocycles. The molecule has 0 saturated carbocycles. The molecule has 0 aliphatic carbocycles. The van der Waals surface area contributed by atoms with Crippen molar-refractivity contribution < 1.29 is 4.74 Å². The Labute approximate surface area is 109 Å². The van der Waals surface area contributed by atoms with Crippen molar-refractivity contribution in [1.29, 1.82) is 0 Å². The van der Waals surface area contributed by atoms with Gasteiger partial charge in [-0.1, -0.05) is 45.0 Å². The third kappa shape index (κ3) is 1.53. The summed E-state index contributed by atoms with van der Waals surface area (Å²) in [7, 11) is 0. The average molecular weight is 240 g/mol. The van der Waals surface area contributed by atoms with Gasteiger partial charge in [-0.25, -0.2) is 0 Å². The highest BCUT2D eigenvalue weighted by atomic mass is 16.5. The van der Waals surface area contributed by atoms with Gasteiger partial charge in [-0.2, -0.15) is 0 Å². The fourth-order valence-corrected chi connectivity index (χ4v) is 3.22. The summed E-state index contributed by atoms with van der Waals surface area (Å²) < 4.78 is 5.95. The molecule has 1 aliphatic rings. The number of ether oxygens (including phenoxy) is 1. The minimum atomic E-state index is 0.128. The van der Waals surface area contributed by atoms with E-state index in [0.717, 1.165) is 18.8 Å². The summed E-state index contributed by atoms with van der Waals surface area (Å²) in [5.74, 6) is 1.15. The molecule has 2 aromatic rings. The molecule has 0 bridgehead atoms. The maximum absolute atomic E-state index is 5.95. The van der Waals surface area contributed by atoms with E-state index in [1.165, 1.54) is 27.5 Å². The summed E-state index contributed by atoms with van der Waals surface area (Å²) in [6, 6.07) is 8.71. The van der Waals surface area contributed by atoms with Gasteiger partial charge >= 0.3 is 0 Å². The summed E-state index contributed by atoms with van der Waals surface area (Å²) in [4.78, 5) is 0. The van der Waals surface area contributed by atoms with Gasteiger partial charge in [0.2, 0.25) is 0 Å². The van der Waals surface area contributed by atoms with Crippen LogP contribution in [0.4, 0.5) is 0 Å². The van der Waals surface area contributed by atoms with Crippen LogP contribution < -0.4 is 4.74 Å². The molecule has 1 aliphatic heterocycles. The standard InChI is InChI=1S/C17H20O/c1-11-12-7-5-6-8-13(12)14-9-10-18-16(14)15(11)17(2,3)4/h5-8H,9-10H2,1-4H3. The lowest BCUT2D eigenvalue weighted by molar-refractivity contribution is 0.346. The van der Waals surface area contributed by atoms with Gasteiger partial charge in [0, 0.05) is 17.5 Å². The Balaban J connectivity index is 2.48. The molecule has 3 rings (SSSR count). The molecule has 0 radical (unpaired) electrons. The zero-order valence-corrected chi connectivity index (χ0v) is 11.6. The molecule has 0 N–H and O–H groups in total. The van der Waals surface area contributed by atoms with Crippen LogP contribution in [0.15, 0.2) is 24.3 Å². The third-order valence-electron chi connectivity index (χ3n) is 3.88. The topological polar surface area (TPSA) is 9.23 Å². The zero-order valence-electron chi connectivity index (χ0n) is 11.6. The van der Waals surface area contributed by atoms with E-state index in [9.17, 15) is 0 Å². The smallest absolute Gasteiger partial charge is 0.127 e. The van der Waals surface area contributed by atoms with E-state index in [0.29, 0.717) is 0 Å². The second-order valence-corrected chi connectivity index (χ2v) is 6.20. The van der Waals surface area contributed by atoms with Gasteiger partial charge in [0.05, 0.1) is 6.61 Å². The van der Waals surface area contributed by atoms with Crippen LogP contribution in [-0.4, -0.2) is 6.61 Å². The molecule has 1 heteroatoms. The van der Waals surface area contributed by atoms with Gasteiger partial charge in [0.1, 0.15) is 5.75 Å². The molecule has 0 unspecified atom stereocenters. The highest BCUT2D eigenvalue weighted by Gasteiger charge is 2.28. The second-order valence-electron chi connectivity index (χ2n) is 6.20. The molecule has 0 fully saturated rings. The third-order valence-corrected chi connectivity index (χ3v) is 3.88. The van der Waals surface area contributed by atoms with Crippen molar-refractivity contribution in [3.8, 4) is 5.75 Å². The Morgan fingerprint density at radius 1 is 1.06 bits per heavy atom. The Hall–Kier alpha value is -1.50. The summed E-state index contributed by atoms with van der Waals surface area (Å²) in [6.45, 7) is 9.86. The van der Waals surface area contributed by atoms with Crippen LogP contribution >= 0.6 is 0 Å². The van der Waals surface area contributed by atoms with E-state index in [2.05, 4.69) is 52.0 Å². The molecule has 94 valence electrons. The molecule has 0 spiro atoms. The van der Waals surface area contributed by atoms with Crippen LogP contribution in [0.3, 0.4) is 0 Å². The van der Waals surface area contributed by atoms with Crippen molar-refractivity contribution in [2.75, 3.05) is 6.61 Å². The zero-order chi connectivity index (χ0) is 12.9. The number of hydrogen-bond donors (Lipinski definition) is 0. The molecule has 1 nitrogen and oxygen atoms in total. The maximum Gasteiger partial charge on any atom is 0.127 e. The van der Waals surface area contributed by atoms with Gasteiger partial charge in [0.15, 0.2) is 0 Å². The Morgan fingerprint density at radius 3 is 2.39 bits per heavy atom. The van der Waals surface area contributed by atoms with E-state index in [1.54, 1.807) is 0 Å². The summed E-state index contributed by atoms with van der Waals surface area (Å²) in [5, 5.41) is 2.75. The highest BCUT2D eigenvalue weighted by molar-refractivity contribution is 5.93. The lowest BCUT2D eigenvalue weighted by Gasteiger charge is -2.26. The number of rotatable bonds is 0. The van der Waals surface area contributed by atoms with Crippen molar-refractivity contribution in [2.24, 2.45) is 0 Å². The molecule has 0 saturated heterocycles. The quantitative estimate of drug-likeness (QED) is 0.664. The predicted molar refractivity (Wildman–Crippen MR) is 76.6 cm³/mol. The van der Waals surface area contributed by atoms with E-state index >= 15 is 0 Å². The summed E-state index contributed by atoms with van der Waals surface area (Å²) in [6.07, 6.45) is 1.04. The first-order valence-corrected chi connectivity index (χ1v) is 6.67. The van der Waals surface area contributed by atoms with Gasteiger partial charge in [-0.05, 0) is 28.7 Å². The number of fused-ring (bicyclic) bond motifs is 3. The van der Waals surface area contributed by atoms with E-state index in [1.807, 2.05) is 0 Å². The van der Waals surface area contributed by atoms with Crippen LogP contribution in [-0.2, 0) is 11.8 Å². The Morgan fingerprint density at radius 2 is 1.72 bits per heavy atom. The SMILES string of the molecule is Cc1c(C(C)(C)C)c2c(c3ccccc13)CCO2. The van der Waals surface area contributed by atoms with E-state index < -0.39 is 0 Å². The molecular formula is C17H20O.